The number of nitrogens with zero attached hydrogens (tertiary/aromatic N) is 2. The maximum Gasteiger partial charge on any atom is 0.257 e. The molecular weight excluding hydrogens is 428 g/mol. The van der Waals surface area contributed by atoms with Crippen molar-refractivity contribution in [1.29, 1.82) is 0 Å². The summed E-state index contributed by atoms with van der Waals surface area (Å²) in [7, 11) is -2.19. The van der Waals surface area contributed by atoms with Crippen LogP contribution in [0.25, 0.3) is 11.3 Å². The number of carbonyl (C=O) groups excluding carboxylic acids is 1. The quantitative estimate of drug-likeness (QED) is 0.586. The molecule has 3 rings (SSSR count). The first kappa shape index (κ1) is 23.4. The van der Waals surface area contributed by atoms with Crippen LogP contribution >= 0.6 is 0 Å². The van der Waals surface area contributed by atoms with Gasteiger partial charge in [-0.25, -0.2) is 23.1 Å². The molecule has 0 atom stereocenters. The summed E-state index contributed by atoms with van der Waals surface area (Å²) in [4.78, 5) is 21.3. The summed E-state index contributed by atoms with van der Waals surface area (Å²) in [6, 6.07) is 13.4. The van der Waals surface area contributed by atoms with Gasteiger partial charge in [0.25, 0.3) is 5.91 Å². The van der Waals surface area contributed by atoms with Gasteiger partial charge in [-0.15, -0.1) is 0 Å². The monoisotopic (exact) mass is 454 g/mol. The van der Waals surface area contributed by atoms with Crippen LogP contribution in [0.1, 0.15) is 36.7 Å². The Hall–Kier alpha value is -3.30. The standard InChI is InChI=1S/C23H26N4O4S/c1-15-6-11-18(32(29,30)27-23(2,3)4)12-19(15)22(28)26-21-13-20(24-14-25-21)16-7-9-17(31-5)10-8-16/h6-14,27H,1-5H3,(H,24,25,26,28). The zero-order valence-corrected chi connectivity index (χ0v) is 19.4. The van der Waals surface area contributed by atoms with Crippen LogP contribution in [-0.2, 0) is 10.0 Å². The molecule has 8 nitrogen and oxygen atoms in total. The molecular formula is C23H26N4O4S. The number of hydrogen-bond donors (Lipinski definition) is 2. The van der Waals surface area contributed by atoms with Gasteiger partial charge >= 0.3 is 0 Å². The third-order valence-electron chi connectivity index (χ3n) is 4.50. The summed E-state index contributed by atoms with van der Waals surface area (Å²) in [5.74, 6) is 0.563. The molecule has 0 saturated heterocycles. The topological polar surface area (TPSA) is 110 Å². The zero-order valence-electron chi connectivity index (χ0n) is 18.6. The molecule has 168 valence electrons. The van der Waals surface area contributed by atoms with Gasteiger partial charge in [-0.1, -0.05) is 6.07 Å². The second-order valence-corrected chi connectivity index (χ2v) is 9.99. The maximum absolute atomic E-state index is 12.9. The van der Waals surface area contributed by atoms with Gasteiger partial charge < -0.3 is 10.1 Å². The third-order valence-corrected chi connectivity index (χ3v) is 6.25. The van der Waals surface area contributed by atoms with Crippen LogP contribution in [0.15, 0.2) is 59.8 Å². The van der Waals surface area contributed by atoms with Crippen LogP contribution in [0.5, 0.6) is 5.75 Å². The number of amides is 1. The summed E-state index contributed by atoms with van der Waals surface area (Å²) in [5, 5.41) is 2.73. The van der Waals surface area contributed by atoms with E-state index in [1.807, 2.05) is 24.3 Å². The van der Waals surface area contributed by atoms with E-state index < -0.39 is 21.5 Å². The average molecular weight is 455 g/mol. The van der Waals surface area contributed by atoms with Crippen molar-refractivity contribution in [2.45, 2.75) is 38.1 Å². The first-order valence-corrected chi connectivity index (χ1v) is 11.4. The van der Waals surface area contributed by atoms with Gasteiger partial charge in [0.2, 0.25) is 10.0 Å². The lowest BCUT2D eigenvalue weighted by atomic mass is 10.1. The summed E-state index contributed by atoms with van der Waals surface area (Å²) < 4.78 is 33.1. The van der Waals surface area contributed by atoms with E-state index in [9.17, 15) is 13.2 Å². The number of ether oxygens (including phenoxy) is 1. The number of sulfonamides is 1. The average Bonchev–Trinajstić information content (AvgIpc) is 2.72. The minimum atomic E-state index is -3.78. The van der Waals surface area contributed by atoms with Crippen molar-refractivity contribution >= 4 is 21.7 Å². The van der Waals surface area contributed by atoms with E-state index in [1.54, 1.807) is 46.9 Å². The van der Waals surface area contributed by atoms with Crippen molar-refractivity contribution in [3.63, 3.8) is 0 Å². The van der Waals surface area contributed by atoms with Gasteiger partial charge in [0.1, 0.15) is 17.9 Å². The first-order chi connectivity index (χ1) is 15.0. The highest BCUT2D eigenvalue weighted by molar-refractivity contribution is 7.89. The van der Waals surface area contributed by atoms with E-state index in [0.717, 1.165) is 11.3 Å². The summed E-state index contributed by atoms with van der Waals surface area (Å²) in [5.41, 5.74) is 1.69. The molecule has 0 spiro atoms. The highest BCUT2D eigenvalue weighted by Crippen LogP contribution is 2.23. The van der Waals surface area contributed by atoms with Crippen LogP contribution in [0, 0.1) is 6.92 Å². The van der Waals surface area contributed by atoms with Crippen molar-refractivity contribution in [3.8, 4) is 17.0 Å². The Morgan fingerprint density at radius 3 is 2.31 bits per heavy atom. The lowest BCUT2D eigenvalue weighted by molar-refractivity contribution is 0.102. The molecule has 9 heteroatoms. The molecule has 0 unspecified atom stereocenters. The molecule has 0 aliphatic carbocycles. The lowest BCUT2D eigenvalue weighted by Gasteiger charge is -2.20. The van der Waals surface area contributed by atoms with Gasteiger partial charge in [0, 0.05) is 22.7 Å². The highest BCUT2D eigenvalue weighted by Gasteiger charge is 2.23. The highest BCUT2D eigenvalue weighted by atomic mass is 32.2. The predicted molar refractivity (Wildman–Crippen MR) is 123 cm³/mol. The number of hydrogen-bond acceptors (Lipinski definition) is 6. The predicted octanol–water partition coefficient (Wildman–Crippen LogP) is 3.79. The van der Waals surface area contributed by atoms with Gasteiger partial charge in [-0.2, -0.15) is 0 Å². The van der Waals surface area contributed by atoms with Gasteiger partial charge in [0.15, 0.2) is 0 Å². The van der Waals surface area contributed by atoms with E-state index in [4.69, 9.17) is 4.74 Å². The minimum absolute atomic E-state index is 0.0183. The maximum atomic E-state index is 12.9. The molecule has 0 aliphatic rings. The van der Waals surface area contributed by atoms with Crippen LogP contribution in [0.4, 0.5) is 5.82 Å². The number of benzene rings is 2. The summed E-state index contributed by atoms with van der Waals surface area (Å²) >= 11 is 0. The van der Waals surface area contributed by atoms with Crippen LogP contribution in [-0.4, -0.2) is 36.9 Å². The summed E-state index contributed by atoms with van der Waals surface area (Å²) in [6.07, 6.45) is 1.36. The van der Waals surface area contributed by atoms with Crippen molar-refractivity contribution < 1.29 is 17.9 Å². The van der Waals surface area contributed by atoms with E-state index in [1.165, 1.54) is 18.5 Å². The van der Waals surface area contributed by atoms with E-state index in [0.29, 0.717) is 17.1 Å². The molecule has 0 aliphatic heterocycles. The second kappa shape index (κ2) is 9.05. The zero-order chi connectivity index (χ0) is 23.5. The molecule has 0 saturated carbocycles. The van der Waals surface area contributed by atoms with E-state index >= 15 is 0 Å². The van der Waals surface area contributed by atoms with E-state index in [-0.39, 0.29) is 10.5 Å². The SMILES string of the molecule is COc1ccc(-c2cc(NC(=O)c3cc(S(=O)(=O)NC(C)(C)C)ccc3C)ncn2)cc1. The number of rotatable bonds is 6. The van der Waals surface area contributed by atoms with Crippen molar-refractivity contribution in [2.75, 3.05) is 12.4 Å². The number of anilines is 1. The molecule has 0 fully saturated rings. The number of methoxy groups -OCH3 is 1. The molecule has 2 aromatic carbocycles. The smallest absolute Gasteiger partial charge is 0.257 e. The number of aryl methyl sites for hydroxylation is 1. The van der Waals surface area contributed by atoms with Crippen LogP contribution in [0.3, 0.4) is 0 Å². The minimum Gasteiger partial charge on any atom is -0.497 e. The van der Waals surface area contributed by atoms with Gasteiger partial charge in [-0.3, -0.25) is 4.79 Å². The largest absolute Gasteiger partial charge is 0.497 e. The molecule has 1 heterocycles. The Morgan fingerprint density at radius 2 is 1.69 bits per heavy atom. The molecule has 3 aromatic rings. The molecule has 1 aromatic heterocycles. The van der Waals surface area contributed by atoms with Crippen molar-refractivity contribution in [3.05, 3.63) is 66.0 Å². The fourth-order valence-corrected chi connectivity index (χ4v) is 4.45. The van der Waals surface area contributed by atoms with Crippen LogP contribution in [0.2, 0.25) is 0 Å². The first-order valence-electron chi connectivity index (χ1n) is 9.91. The lowest BCUT2D eigenvalue weighted by Crippen LogP contribution is -2.40. The molecule has 0 bridgehead atoms. The normalized spacial score (nSPS) is 11.8. The number of nitrogens with one attached hydrogen (secondary N) is 2. The summed E-state index contributed by atoms with van der Waals surface area (Å²) in [6.45, 7) is 7.00. The third kappa shape index (κ3) is 5.68. The Kier molecular flexibility index (Phi) is 6.61. The Labute approximate surface area is 188 Å². The fourth-order valence-electron chi connectivity index (χ4n) is 3.00. The number of aromatic nitrogens is 2. The molecule has 32 heavy (non-hydrogen) atoms. The Morgan fingerprint density at radius 1 is 1.00 bits per heavy atom. The Balaban J connectivity index is 1.86. The van der Waals surface area contributed by atoms with E-state index in [2.05, 4.69) is 20.0 Å². The molecule has 0 radical (unpaired) electrons. The molecule has 1 amide bonds. The van der Waals surface area contributed by atoms with Crippen molar-refractivity contribution in [1.82, 2.24) is 14.7 Å². The second-order valence-electron chi connectivity index (χ2n) is 8.30. The van der Waals surface area contributed by atoms with Gasteiger partial charge in [0.05, 0.1) is 17.7 Å². The van der Waals surface area contributed by atoms with Crippen LogP contribution < -0.4 is 14.8 Å². The van der Waals surface area contributed by atoms with Gasteiger partial charge in [-0.05, 0) is 69.7 Å². The Bertz CT molecular complexity index is 1230. The van der Waals surface area contributed by atoms with Crippen molar-refractivity contribution in [2.24, 2.45) is 0 Å². The fraction of sp³-hybridized carbons (Fsp3) is 0.261. The number of carbonyl (C=O) groups is 1. The molecule has 2 N–H and O–H groups in total.